The Labute approximate surface area is 105 Å². The monoisotopic (exact) mass is 265 g/mol. The molecule has 1 atom stereocenters. The van der Waals surface area contributed by atoms with Gasteiger partial charge in [0.1, 0.15) is 5.54 Å². The molecular formula is C9H13Cl2N3O2. The van der Waals surface area contributed by atoms with Crippen molar-refractivity contribution >= 4 is 30.8 Å². The minimum atomic E-state index is -1.49. The number of halogens is 2. The summed E-state index contributed by atoms with van der Waals surface area (Å²) in [6.45, 7) is 3.31. The molecule has 0 fully saturated rings. The molecule has 0 saturated carbocycles. The minimum Gasteiger partial charge on any atom is -0.480 e. The zero-order valence-corrected chi connectivity index (χ0v) is 9.98. The van der Waals surface area contributed by atoms with Gasteiger partial charge in [0, 0.05) is 12.6 Å². The van der Waals surface area contributed by atoms with Gasteiger partial charge in [-0.05, 0) is 6.08 Å². The summed E-state index contributed by atoms with van der Waals surface area (Å²) in [6, 6.07) is 0. The lowest BCUT2D eigenvalue weighted by Gasteiger charge is -2.17. The zero-order chi connectivity index (χ0) is 10.6. The lowest BCUT2D eigenvalue weighted by atomic mass is 9.95. The largest absolute Gasteiger partial charge is 0.480 e. The SMILES string of the molecule is C=C=CC(N)(Cc1c[nH]cn1)C(=O)O.Cl.Cl. The summed E-state index contributed by atoms with van der Waals surface area (Å²) in [5.74, 6) is -1.13. The fourth-order valence-corrected chi connectivity index (χ4v) is 1.06. The topological polar surface area (TPSA) is 92.0 Å². The number of nitrogens with zero attached hydrogens (tertiary/aromatic N) is 1. The van der Waals surface area contributed by atoms with Crippen LogP contribution in [0.4, 0.5) is 0 Å². The predicted molar refractivity (Wildman–Crippen MR) is 65.1 cm³/mol. The van der Waals surface area contributed by atoms with Gasteiger partial charge in [-0.1, -0.05) is 6.58 Å². The first-order chi connectivity index (χ1) is 6.58. The van der Waals surface area contributed by atoms with Crippen LogP contribution in [0.2, 0.25) is 0 Å². The molecule has 0 aliphatic rings. The fraction of sp³-hybridized carbons (Fsp3) is 0.222. The van der Waals surface area contributed by atoms with Crippen LogP contribution in [-0.4, -0.2) is 26.6 Å². The third kappa shape index (κ3) is 4.08. The number of hydrogen-bond acceptors (Lipinski definition) is 3. The van der Waals surface area contributed by atoms with E-state index in [4.69, 9.17) is 10.8 Å². The molecule has 0 amide bonds. The van der Waals surface area contributed by atoms with Gasteiger partial charge in [0.15, 0.2) is 0 Å². The van der Waals surface area contributed by atoms with Crippen LogP contribution in [0, 0.1) is 0 Å². The number of hydrogen-bond donors (Lipinski definition) is 3. The third-order valence-corrected chi connectivity index (χ3v) is 1.79. The zero-order valence-electron chi connectivity index (χ0n) is 8.34. The lowest BCUT2D eigenvalue weighted by molar-refractivity contribution is -0.141. The number of rotatable bonds is 4. The highest BCUT2D eigenvalue weighted by atomic mass is 35.5. The number of aromatic nitrogens is 2. The van der Waals surface area contributed by atoms with Crippen LogP contribution in [0.25, 0.3) is 0 Å². The smallest absolute Gasteiger partial charge is 0.328 e. The van der Waals surface area contributed by atoms with Crippen molar-refractivity contribution in [2.24, 2.45) is 5.73 Å². The van der Waals surface area contributed by atoms with Crippen LogP contribution >= 0.6 is 24.8 Å². The number of H-pyrrole nitrogens is 1. The Bertz CT molecular complexity index is 370. The second-order valence-corrected chi connectivity index (χ2v) is 2.93. The van der Waals surface area contributed by atoms with Gasteiger partial charge in [-0.2, -0.15) is 0 Å². The molecule has 0 bridgehead atoms. The van der Waals surface area contributed by atoms with Gasteiger partial charge in [0.05, 0.1) is 12.0 Å². The molecule has 90 valence electrons. The van der Waals surface area contributed by atoms with Crippen molar-refractivity contribution in [2.75, 3.05) is 0 Å². The molecule has 7 heteroatoms. The number of carbonyl (C=O) groups is 1. The van der Waals surface area contributed by atoms with Gasteiger partial charge < -0.3 is 15.8 Å². The van der Waals surface area contributed by atoms with E-state index in [0.29, 0.717) is 5.69 Å². The summed E-state index contributed by atoms with van der Waals surface area (Å²) in [6.07, 6.45) is 4.40. The number of aliphatic carboxylic acids is 1. The van der Waals surface area contributed by atoms with Crippen molar-refractivity contribution in [3.05, 3.63) is 36.6 Å². The predicted octanol–water partition coefficient (Wildman–Crippen LogP) is 0.919. The molecular weight excluding hydrogens is 253 g/mol. The van der Waals surface area contributed by atoms with Crippen LogP contribution in [0.1, 0.15) is 5.69 Å². The molecule has 0 aromatic carbocycles. The minimum absolute atomic E-state index is 0. The normalized spacial score (nSPS) is 12.3. The summed E-state index contributed by atoms with van der Waals surface area (Å²) < 4.78 is 0. The molecule has 0 saturated heterocycles. The van der Waals surface area contributed by atoms with Gasteiger partial charge in [0.25, 0.3) is 0 Å². The molecule has 16 heavy (non-hydrogen) atoms. The Morgan fingerprint density at radius 1 is 1.75 bits per heavy atom. The molecule has 1 rings (SSSR count). The summed E-state index contributed by atoms with van der Waals surface area (Å²) in [7, 11) is 0. The highest BCUT2D eigenvalue weighted by Crippen LogP contribution is 2.10. The summed E-state index contributed by atoms with van der Waals surface area (Å²) in [5, 5.41) is 8.90. The average Bonchev–Trinajstić information content (AvgIpc) is 2.56. The van der Waals surface area contributed by atoms with Crippen LogP contribution in [-0.2, 0) is 11.2 Å². The summed E-state index contributed by atoms with van der Waals surface area (Å²) in [5.41, 5.74) is 7.11. The third-order valence-electron chi connectivity index (χ3n) is 1.79. The van der Waals surface area contributed by atoms with E-state index in [-0.39, 0.29) is 31.2 Å². The summed E-state index contributed by atoms with van der Waals surface area (Å²) in [4.78, 5) is 17.5. The Balaban J connectivity index is 0. The van der Waals surface area contributed by atoms with Gasteiger partial charge in [-0.15, -0.1) is 30.5 Å². The summed E-state index contributed by atoms with van der Waals surface area (Å²) >= 11 is 0. The standard InChI is InChI=1S/C9H11N3O2.2ClH/c1-2-3-9(10,8(13)14)4-7-5-11-6-12-7;;/h3,5-6H,1,4,10H2,(H,11,12)(H,13,14);2*1H. The van der Waals surface area contributed by atoms with E-state index in [1.54, 1.807) is 6.20 Å². The Morgan fingerprint density at radius 3 is 2.75 bits per heavy atom. The van der Waals surface area contributed by atoms with E-state index in [9.17, 15) is 4.79 Å². The van der Waals surface area contributed by atoms with Crippen LogP contribution < -0.4 is 5.73 Å². The lowest BCUT2D eigenvalue weighted by Crippen LogP contribution is -2.48. The maximum absolute atomic E-state index is 10.9. The quantitative estimate of drug-likeness (QED) is 0.706. The van der Waals surface area contributed by atoms with Crippen molar-refractivity contribution in [3.63, 3.8) is 0 Å². The molecule has 1 heterocycles. The molecule has 4 N–H and O–H groups in total. The second-order valence-electron chi connectivity index (χ2n) is 2.93. The molecule has 1 unspecified atom stereocenters. The number of nitrogens with one attached hydrogen (secondary N) is 1. The fourth-order valence-electron chi connectivity index (χ4n) is 1.06. The van der Waals surface area contributed by atoms with Crippen LogP contribution in [0.3, 0.4) is 0 Å². The van der Waals surface area contributed by atoms with E-state index >= 15 is 0 Å². The maximum atomic E-state index is 10.9. The van der Waals surface area contributed by atoms with Gasteiger partial charge in [-0.3, -0.25) is 0 Å². The van der Waals surface area contributed by atoms with Crippen molar-refractivity contribution in [3.8, 4) is 0 Å². The first kappa shape index (κ1) is 17.1. The maximum Gasteiger partial charge on any atom is 0.328 e. The van der Waals surface area contributed by atoms with E-state index < -0.39 is 11.5 Å². The Kier molecular flexibility index (Phi) is 7.59. The van der Waals surface area contributed by atoms with Crippen molar-refractivity contribution in [1.29, 1.82) is 0 Å². The molecule has 1 aromatic rings. The van der Waals surface area contributed by atoms with Gasteiger partial charge in [0.2, 0.25) is 0 Å². The number of carboxylic acids is 1. The Hall–Kier alpha value is -1.26. The van der Waals surface area contributed by atoms with E-state index in [0.717, 1.165) is 0 Å². The molecule has 0 radical (unpaired) electrons. The van der Waals surface area contributed by atoms with Gasteiger partial charge >= 0.3 is 5.97 Å². The van der Waals surface area contributed by atoms with Gasteiger partial charge in [-0.25, -0.2) is 9.78 Å². The number of carboxylic acid groups (broad SMARTS) is 1. The molecule has 1 aromatic heterocycles. The highest BCUT2D eigenvalue weighted by molar-refractivity contribution is 5.85. The number of imidazole rings is 1. The highest BCUT2D eigenvalue weighted by Gasteiger charge is 2.31. The van der Waals surface area contributed by atoms with E-state index in [1.165, 1.54) is 12.4 Å². The molecule has 0 spiro atoms. The second kappa shape index (κ2) is 7.09. The van der Waals surface area contributed by atoms with Crippen LogP contribution in [0.15, 0.2) is 30.9 Å². The van der Waals surface area contributed by atoms with Crippen molar-refractivity contribution in [1.82, 2.24) is 9.97 Å². The molecule has 0 aliphatic heterocycles. The number of aromatic amines is 1. The first-order valence-corrected chi connectivity index (χ1v) is 3.95. The molecule has 5 nitrogen and oxygen atoms in total. The van der Waals surface area contributed by atoms with E-state index in [1.807, 2.05) is 0 Å². The van der Waals surface area contributed by atoms with Crippen molar-refractivity contribution in [2.45, 2.75) is 12.0 Å². The number of nitrogens with two attached hydrogens (primary N) is 1. The van der Waals surface area contributed by atoms with Crippen molar-refractivity contribution < 1.29 is 9.90 Å². The Morgan fingerprint density at radius 2 is 2.38 bits per heavy atom. The first-order valence-electron chi connectivity index (χ1n) is 3.95. The molecule has 0 aliphatic carbocycles. The van der Waals surface area contributed by atoms with Crippen LogP contribution in [0.5, 0.6) is 0 Å². The van der Waals surface area contributed by atoms with E-state index in [2.05, 4.69) is 22.3 Å². The average molecular weight is 266 g/mol.